The van der Waals surface area contributed by atoms with E-state index in [1.807, 2.05) is 37.3 Å². The molecule has 1 amide bonds. The lowest BCUT2D eigenvalue weighted by Crippen LogP contribution is -2.28. The molecule has 0 heterocycles. The third-order valence-corrected chi connectivity index (χ3v) is 3.85. The quantitative estimate of drug-likeness (QED) is 0.475. The first-order valence-corrected chi connectivity index (χ1v) is 9.02. The topological polar surface area (TPSA) is 78.4 Å². The van der Waals surface area contributed by atoms with Gasteiger partial charge in [0, 0.05) is 12.1 Å². The van der Waals surface area contributed by atoms with Crippen LogP contribution in [0.15, 0.2) is 47.6 Å². The van der Waals surface area contributed by atoms with Gasteiger partial charge < -0.3 is 24.4 Å². The highest BCUT2D eigenvalue weighted by Crippen LogP contribution is 2.27. The molecule has 0 bridgehead atoms. The molecule has 0 aromatic heterocycles. The number of amides is 1. The SMILES string of the molecule is CCOc1ccc(/C=N/OCC(=O)NCCc2ccc(OC)cc2)cc1OC. The second kappa shape index (κ2) is 11.5. The van der Waals surface area contributed by atoms with Crippen molar-refractivity contribution in [3.05, 3.63) is 53.6 Å². The van der Waals surface area contributed by atoms with E-state index in [-0.39, 0.29) is 12.5 Å². The molecule has 0 aliphatic rings. The van der Waals surface area contributed by atoms with Crippen LogP contribution in [0.4, 0.5) is 0 Å². The largest absolute Gasteiger partial charge is 0.497 e. The Morgan fingerprint density at radius 3 is 2.54 bits per heavy atom. The van der Waals surface area contributed by atoms with Crippen molar-refractivity contribution in [1.29, 1.82) is 0 Å². The Balaban J connectivity index is 1.71. The summed E-state index contributed by atoms with van der Waals surface area (Å²) in [6, 6.07) is 13.1. The van der Waals surface area contributed by atoms with Crippen LogP contribution in [0.1, 0.15) is 18.1 Å². The van der Waals surface area contributed by atoms with Gasteiger partial charge in [0.25, 0.3) is 5.91 Å². The van der Waals surface area contributed by atoms with Gasteiger partial charge in [-0.25, -0.2) is 0 Å². The van der Waals surface area contributed by atoms with Crippen molar-refractivity contribution < 1.29 is 23.8 Å². The molecule has 0 fully saturated rings. The number of carbonyl (C=O) groups excluding carboxylic acids is 1. The highest BCUT2D eigenvalue weighted by Gasteiger charge is 2.05. The molecule has 2 aromatic rings. The highest BCUT2D eigenvalue weighted by atomic mass is 16.6. The van der Waals surface area contributed by atoms with Crippen LogP contribution >= 0.6 is 0 Å². The van der Waals surface area contributed by atoms with Crippen molar-refractivity contribution >= 4 is 12.1 Å². The smallest absolute Gasteiger partial charge is 0.260 e. The second-order valence-corrected chi connectivity index (χ2v) is 5.80. The van der Waals surface area contributed by atoms with E-state index >= 15 is 0 Å². The third kappa shape index (κ3) is 6.83. The van der Waals surface area contributed by atoms with E-state index in [1.54, 1.807) is 26.4 Å². The molecule has 0 saturated heterocycles. The summed E-state index contributed by atoms with van der Waals surface area (Å²) in [5, 5.41) is 6.61. The molecular weight excluding hydrogens is 360 g/mol. The van der Waals surface area contributed by atoms with Gasteiger partial charge >= 0.3 is 0 Å². The van der Waals surface area contributed by atoms with Gasteiger partial charge in [0.2, 0.25) is 0 Å². The zero-order valence-corrected chi connectivity index (χ0v) is 16.4. The van der Waals surface area contributed by atoms with Crippen LogP contribution in [0.5, 0.6) is 17.2 Å². The number of ether oxygens (including phenoxy) is 3. The predicted molar refractivity (Wildman–Crippen MR) is 107 cm³/mol. The first-order valence-electron chi connectivity index (χ1n) is 9.02. The average molecular weight is 386 g/mol. The van der Waals surface area contributed by atoms with Crippen molar-refractivity contribution in [2.75, 3.05) is 34.0 Å². The van der Waals surface area contributed by atoms with Gasteiger partial charge in [-0.3, -0.25) is 4.79 Å². The fraction of sp³-hybridized carbons (Fsp3) is 0.333. The Morgan fingerprint density at radius 1 is 1.07 bits per heavy atom. The summed E-state index contributed by atoms with van der Waals surface area (Å²) in [7, 11) is 3.20. The third-order valence-electron chi connectivity index (χ3n) is 3.85. The molecule has 0 unspecified atom stereocenters. The van der Waals surface area contributed by atoms with Crippen LogP contribution in [0, 0.1) is 0 Å². The minimum absolute atomic E-state index is 0.146. The number of rotatable bonds is 11. The predicted octanol–water partition coefficient (Wildman–Crippen LogP) is 2.81. The Hall–Kier alpha value is -3.22. The van der Waals surface area contributed by atoms with Crippen molar-refractivity contribution in [2.24, 2.45) is 5.16 Å². The minimum atomic E-state index is -0.227. The maximum absolute atomic E-state index is 11.8. The van der Waals surface area contributed by atoms with Gasteiger partial charge in [0.05, 0.1) is 27.0 Å². The van der Waals surface area contributed by atoms with E-state index in [4.69, 9.17) is 19.0 Å². The number of nitrogens with zero attached hydrogens (tertiary/aromatic N) is 1. The number of hydrogen-bond donors (Lipinski definition) is 1. The first-order chi connectivity index (χ1) is 13.7. The van der Waals surface area contributed by atoms with Gasteiger partial charge in [-0.1, -0.05) is 17.3 Å². The lowest BCUT2D eigenvalue weighted by atomic mass is 10.1. The lowest BCUT2D eigenvalue weighted by molar-refractivity contribution is -0.125. The van der Waals surface area contributed by atoms with Crippen LogP contribution < -0.4 is 19.5 Å². The van der Waals surface area contributed by atoms with E-state index in [0.29, 0.717) is 24.7 Å². The molecule has 0 aliphatic carbocycles. The zero-order valence-electron chi connectivity index (χ0n) is 16.4. The van der Waals surface area contributed by atoms with Crippen molar-refractivity contribution in [3.8, 4) is 17.2 Å². The van der Waals surface area contributed by atoms with Gasteiger partial charge in [-0.05, 0) is 49.2 Å². The molecule has 0 saturated carbocycles. The molecule has 1 N–H and O–H groups in total. The Labute approximate surface area is 165 Å². The first kappa shape index (κ1) is 21.1. The minimum Gasteiger partial charge on any atom is -0.497 e. The molecule has 28 heavy (non-hydrogen) atoms. The Kier molecular flexibility index (Phi) is 8.65. The molecule has 7 nitrogen and oxygen atoms in total. The average Bonchev–Trinajstić information content (AvgIpc) is 2.72. The van der Waals surface area contributed by atoms with Crippen LogP contribution in [0.25, 0.3) is 0 Å². The fourth-order valence-electron chi connectivity index (χ4n) is 2.42. The summed E-state index contributed by atoms with van der Waals surface area (Å²) < 4.78 is 15.9. The van der Waals surface area contributed by atoms with Gasteiger partial charge in [0.15, 0.2) is 18.1 Å². The second-order valence-electron chi connectivity index (χ2n) is 5.80. The summed E-state index contributed by atoms with van der Waals surface area (Å²) in [5.74, 6) is 1.86. The summed E-state index contributed by atoms with van der Waals surface area (Å²) in [6.45, 7) is 2.84. The van der Waals surface area contributed by atoms with Gasteiger partial charge in [-0.15, -0.1) is 0 Å². The number of nitrogens with one attached hydrogen (secondary N) is 1. The van der Waals surface area contributed by atoms with Crippen LogP contribution in [0.3, 0.4) is 0 Å². The zero-order chi connectivity index (χ0) is 20.2. The van der Waals surface area contributed by atoms with E-state index in [1.165, 1.54) is 6.21 Å². The summed E-state index contributed by atoms with van der Waals surface area (Å²) >= 11 is 0. The van der Waals surface area contributed by atoms with E-state index in [9.17, 15) is 4.79 Å². The van der Waals surface area contributed by atoms with E-state index < -0.39 is 0 Å². The number of carbonyl (C=O) groups is 1. The monoisotopic (exact) mass is 386 g/mol. The molecule has 0 aliphatic heterocycles. The number of benzene rings is 2. The molecule has 150 valence electrons. The molecular formula is C21H26N2O5. The lowest BCUT2D eigenvalue weighted by Gasteiger charge is -2.09. The molecule has 0 spiro atoms. The highest BCUT2D eigenvalue weighted by molar-refractivity contribution is 5.81. The molecule has 0 atom stereocenters. The van der Waals surface area contributed by atoms with Crippen LogP contribution in [-0.2, 0) is 16.1 Å². The Bertz CT molecular complexity index is 775. The van der Waals surface area contributed by atoms with Crippen molar-refractivity contribution in [1.82, 2.24) is 5.32 Å². The number of oxime groups is 1. The van der Waals surface area contributed by atoms with Crippen LogP contribution in [0.2, 0.25) is 0 Å². The summed E-state index contributed by atoms with van der Waals surface area (Å²) in [4.78, 5) is 16.8. The molecule has 2 rings (SSSR count). The fourth-order valence-corrected chi connectivity index (χ4v) is 2.42. The van der Waals surface area contributed by atoms with Crippen LogP contribution in [-0.4, -0.2) is 46.1 Å². The molecule has 2 aromatic carbocycles. The standard InChI is InChI=1S/C21H26N2O5/c1-4-27-19-10-7-17(13-20(19)26-3)14-23-28-15-21(24)22-12-11-16-5-8-18(25-2)9-6-16/h5-10,13-14H,4,11-12,15H2,1-3H3,(H,22,24)/b23-14+. The van der Waals surface area contributed by atoms with Gasteiger partial charge in [0.1, 0.15) is 5.75 Å². The summed E-state index contributed by atoms with van der Waals surface area (Å²) in [6.07, 6.45) is 2.24. The van der Waals surface area contributed by atoms with E-state index in [0.717, 1.165) is 23.3 Å². The molecule has 0 radical (unpaired) electrons. The number of hydrogen-bond acceptors (Lipinski definition) is 6. The molecule has 7 heteroatoms. The summed E-state index contributed by atoms with van der Waals surface area (Å²) in [5.41, 5.74) is 1.89. The van der Waals surface area contributed by atoms with Crippen molar-refractivity contribution in [2.45, 2.75) is 13.3 Å². The Morgan fingerprint density at radius 2 is 1.86 bits per heavy atom. The number of methoxy groups -OCH3 is 2. The normalized spacial score (nSPS) is 10.5. The maximum Gasteiger partial charge on any atom is 0.260 e. The van der Waals surface area contributed by atoms with E-state index in [2.05, 4.69) is 10.5 Å². The maximum atomic E-state index is 11.8. The van der Waals surface area contributed by atoms with Crippen molar-refractivity contribution in [3.63, 3.8) is 0 Å². The van der Waals surface area contributed by atoms with Gasteiger partial charge in [-0.2, -0.15) is 0 Å².